The number of rotatable bonds is 6. The fraction of sp³-hybridized carbons (Fsp3) is 0.286. The Morgan fingerprint density at radius 1 is 1.10 bits per heavy atom. The molecule has 3 rings (SSSR count). The van der Waals surface area contributed by atoms with Crippen molar-refractivity contribution in [2.45, 2.75) is 13.0 Å². The molecular formula is C21H24Cl2N3O3S+. The standard InChI is InChI=1S/C21H23Cl2N3O3S/c1-16(21(27)24-20-14-18(22)13-19(23)15-20)25-8-10-26(11-9-25)30(28,29)12-7-17-5-3-2-4-6-17/h2-7,12-16H,8-11H2,1H3,(H,24,27)/p+1/b12-7+/t16-/m0/s1. The Morgan fingerprint density at radius 3 is 2.30 bits per heavy atom. The van der Waals surface area contributed by atoms with Crippen LogP contribution >= 0.6 is 23.2 Å². The first-order valence-electron chi connectivity index (χ1n) is 9.59. The Kier molecular flexibility index (Phi) is 7.55. The third-order valence-corrected chi connectivity index (χ3v) is 7.09. The molecule has 2 aromatic carbocycles. The number of benzene rings is 2. The molecule has 1 amide bonds. The number of sulfonamides is 1. The van der Waals surface area contributed by atoms with Crippen LogP contribution in [0.25, 0.3) is 6.08 Å². The van der Waals surface area contributed by atoms with Crippen molar-refractivity contribution in [2.75, 3.05) is 31.5 Å². The van der Waals surface area contributed by atoms with Crippen molar-refractivity contribution >= 4 is 50.9 Å². The van der Waals surface area contributed by atoms with Gasteiger partial charge in [-0.05, 0) is 36.8 Å². The average molecular weight is 469 g/mol. The molecule has 0 aromatic heterocycles. The van der Waals surface area contributed by atoms with Crippen LogP contribution in [0.1, 0.15) is 12.5 Å². The Balaban J connectivity index is 1.56. The van der Waals surface area contributed by atoms with Crippen LogP contribution in [0.4, 0.5) is 5.69 Å². The van der Waals surface area contributed by atoms with Gasteiger partial charge in [0.25, 0.3) is 5.91 Å². The average Bonchev–Trinajstić information content (AvgIpc) is 2.72. The van der Waals surface area contributed by atoms with Crippen LogP contribution in [0.5, 0.6) is 0 Å². The van der Waals surface area contributed by atoms with E-state index in [0.29, 0.717) is 41.9 Å². The molecule has 1 heterocycles. The second-order valence-corrected chi connectivity index (χ2v) is 9.88. The molecule has 1 saturated heterocycles. The van der Waals surface area contributed by atoms with E-state index in [9.17, 15) is 13.2 Å². The highest BCUT2D eigenvalue weighted by Gasteiger charge is 2.32. The molecule has 6 nitrogen and oxygen atoms in total. The van der Waals surface area contributed by atoms with E-state index in [1.807, 2.05) is 37.3 Å². The molecule has 30 heavy (non-hydrogen) atoms. The van der Waals surface area contributed by atoms with E-state index in [-0.39, 0.29) is 11.9 Å². The summed E-state index contributed by atoms with van der Waals surface area (Å²) in [5.74, 6) is -0.163. The highest BCUT2D eigenvalue weighted by molar-refractivity contribution is 7.92. The van der Waals surface area contributed by atoms with Gasteiger partial charge >= 0.3 is 0 Å². The molecule has 0 aliphatic carbocycles. The molecule has 160 valence electrons. The van der Waals surface area contributed by atoms with Gasteiger partial charge < -0.3 is 10.2 Å². The quantitative estimate of drug-likeness (QED) is 0.683. The number of carbonyl (C=O) groups is 1. The lowest BCUT2D eigenvalue weighted by Crippen LogP contribution is -3.19. The van der Waals surface area contributed by atoms with Gasteiger partial charge in [0.05, 0.1) is 26.2 Å². The first kappa shape index (κ1) is 22.8. The van der Waals surface area contributed by atoms with Gasteiger partial charge in [-0.3, -0.25) is 4.79 Å². The number of carbonyl (C=O) groups excluding carboxylic acids is 1. The highest BCUT2D eigenvalue weighted by Crippen LogP contribution is 2.22. The van der Waals surface area contributed by atoms with Crippen LogP contribution in [0.2, 0.25) is 10.0 Å². The summed E-state index contributed by atoms with van der Waals surface area (Å²) in [6.45, 7) is 3.64. The maximum absolute atomic E-state index is 12.6. The molecule has 1 fully saturated rings. The summed E-state index contributed by atoms with van der Waals surface area (Å²) in [5, 5.41) is 4.96. The lowest BCUT2D eigenvalue weighted by atomic mass is 10.2. The fourth-order valence-electron chi connectivity index (χ4n) is 3.34. The van der Waals surface area contributed by atoms with Crippen molar-refractivity contribution < 1.29 is 18.1 Å². The summed E-state index contributed by atoms with van der Waals surface area (Å²) in [4.78, 5) is 13.6. The number of quaternary nitrogens is 1. The van der Waals surface area contributed by atoms with E-state index in [4.69, 9.17) is 23.2 Å². The minimum absolute atomic E-state index is 0.163. The first-order valence-corrected chi connectivity index (χ1v) is 11.9. The smallest absolute Gasteiger partial charge is 0.282 e. The Morgan fingerprint density at radius 2 is 1.70 bits per heavy atom. The summed E-state index contributed by atoms with van der Waals surface area (Å²) in [5.41, 5.74) is 1.37. The molecule has 9 heteroatoms. The maximum Gasteiger partial charge on any atom is 0.282 e. The summed E-state index contributed by atoms with van der Waals surface area (Å²) in [6.07, 6.45) is 1.60. The first-order chi connectivity index (χ1) is 14.2. The Hall–Kier alpha value is -1.90. The van der Waals surface area contributed by atoms with Crippen molar-refractivity contribution in [1.82, 2.24) is 4.31 Å². The van der Waals surface area contributed by atoms with Crippen LogP contribution in [0, 0.1) is 0 Å². The molecule has 1 atom stereocenters. The van der Waals surface area contributed by atoms with E-state index in [2.05, 4.69) is 5.32 Å². The summed E-state index contributed by atoms with van der Waals surface area (Å²) in [7, 11) is -3.50. The van der Waals surface area contributed by atoms with Crippen LogP contribution in [-0.2, 0) is 14.8 Å². The maximum atomic E-state index is 12.6. The van der Waals surface area contributed by atoms with Gasteiger partial charge in [0, 0.05) is 21.1 Å². The Labute approximate surface area is 187 Å². The number of anilines is 1. The molecular weight excluding hydrogens is 445 g/mol. The molecule has 0 radical (unpaired) electrons. The van der Waals surface area contributed by atoms with Gasteiger partial charge in [-0.2, -0.15) is 4.31 Å². The summed E-state index contributed by atoms with van der Waals surface area (Å²) >= 11 is 12.0. The van der Waals surface area contributed by atoms with Crippen molar-refractivity contribution in [2.24, 2.45) is 0 Å². The van der Waals surface area contributed by atoms with Crippen molar-refractivity contribution in [3.63, 3.8) is 0 Å². The predicted molar refractivity (Wildman–Crippen MR) is 121 cm³/mol. The van der Waals surface area contributed by atoms with Crippen LogP contribution in [-0.4, -0.2) is 50.9 Å². The molecule has 0 bridgehead atoms. The highest BCUT2D eigenvalue weighted by atomic mass is 35.5. The molecule has 0 saturated carbocycles. The predicted octanol–water partition coefficient (Wildman–Crippen LogP) is 2.52. The van der Waals surface area contributed by atoms with Crippen LogP contribution in [0.15, 0.2) is 53.9 Å². The SMILES string of the molecule is C[C@@H](C(=O)Nc1cc(Cl)cc(Cl)c1)[NH+]1CCN(S(=O)(=O)/C=C/c2ccccc2)CC1. The number of piperazine rings is 1. The van der Waals surface area contributed by atoms with Gasteiger partial charge in [0.1, 0.15) is 0 Å². The normalized spacial score (nSPS) is 17.2. The second-order valence-electron chi connectivity index (χ2n) is 7.18. The molecule has 1 aliphatic heterocycles. The molecule has 0 unspecified atom stereocenters. The third-order valence-electron chi connectivity index (χ3n) is 5.09. The van der Waals surface area contributed by atoms with E-state index in [0.717, 1.165) is 10.5 Å². The van der Waals surface area contributed by atoms with E-state index in [1.54, 1.807) is 24.3 Å². The van der Waals surface area contributed by atoms with Gasteiger partial charge in [-0.25, -0.2) is 8.42 Å². The number of halogens is 2. The number of hydrogen-bond donors (Lipinski definition) is 2. The van der Waals surface area contributed by atoms with Crippen LogP contribution in [0.3, 0.4) is 0 Å². The molecule has 2 aromatic rings. The number of nitrogens with one attached hydrogen (secondary N) is 2. The third kappa shape index (κ3) is 6.06. The fourth-order valence-corrected chi connectivity index (χ4v) is 5.06. The number of amides is 1. The van der Waals surface area contributed by atoms with Gasteiger partial charge in [0.2, 0.25) is 10.0 Å². The van der Waals surface area contributed by atoms with Gasteiger partial charge in [-0.1, -0.05) is 53.5 Å². The molecule has 1 aliphatic rings. The summed E-state index contributed by atoms with van der Waals surface area (Å²) in [6, 6.07) is 13.8. The zero-order valence-corrected chi connectivity index (χ0v) is 18.8. The van der Waals surface area contributed by atoms with E-state index < -0.39 is 10.0 Å². The summed E-state index contributed by atoms with van der Waals surface area (Å²) < 4.78 is 26.7. The topological polar surface area (TPSA) is 70.9 Å². The molecule has 0 spiro atoms. The van der Waals surface area contributed by atoms with Crippen LogP contribution < -0.4 is 10.2 Å². The van der Waals surface area contributed by atoms with Crippen molar-refractivity contribution in [1.29, 1.82) is 0 Å². The number of hydrogen-bond acceptors (Lipinski definition) is 3. The number of nitrogens with zero attached hydrogens (tertiary/aromatic N) is 1. The lowest BCUT2D eigenvalue weighted by molar-refractivity contribution is -0.917. The van der Waals surface area contributed by atoms with E-state index in [1.165, 1.54) is 9.71 Å². The Bertz CT molecular complexity index is 1000. The zero-order valence-electron chi connectivity index (χ0n) is 16.5. The monoisotopic (exact) mass is 468 g/mol. The van der Waals surface area contributed by atoms with Crippen molar-refractivity contribution in [3.05, 3.63) is 69.5 Å². The van der Waals surface area contributed by atoms with E-state index >= 15 is 0 Å². The minimum Gasteiger partial charge on any atom is -0.323 e. The van der Waals surface area contributed by atoms with Gasteiger partial charge in [0.15, 0.2) is 6.04 Å². The lowest BCUT2D eigenvalue weighted by Gasteiger charge is -2.33. The van der Waals surface area contributed by atoms with Gasteiger partial charge in [-0.15, -0.1) is 0 Å². The second kappa shape index (κ2) is 9.94. The largest absolute Gasteiger partial charge is 0.323 e. The van der Waals surface area contributed by atoms with Crippen molar-refractivity contribution in [3.8, 4) is 0 Å². The minimum atomic E-state index is -3.50. The zero-order chi connectivity index (χ0) is 21.7. The molecule has 2 N–H and O–H groups in total.